The topological polar surface area (TPSA) is 61.9 Å². The fourth-order valence-electron chi connectivity index (χ4n) is 3.22. The van der Waals surface area contributed by atoms with Crippen molar-refractivity contribution in [2.45, 2.75) is 17.4 Å². The van der Waals surface area contributed by atoms with Crippen LogP contribution in [0.5, 0.6) is 5.75 Å². The Morgan fingerprint density at radius 3 is 2.70 bits per heavy atom. The van der Waals surface area contributed by atoms with Gasteiger partial charge in [-0.3, -0.25) is 4.90 Å². The zero-order chi connectivity index (χ0) is 16.4. The zero-order valence-electron chi connectivity index (χ0n) is 13.2. The summed E-state index contributed by atoms with van der Waals surface area (Å²) in [5.74, 6) is -0.615. The highest BCUT2D eigenvalue weighted by Crippen LogP contribution is 2.27. The van der Waals surface area contributed by atoms with Crippen LogP contribution in [0.4, 0.5) is 4.39 Å². The Kier molecular flexibility index (Phi) is 4.86. The van der Waals surface area contributed by atoms with Gasteiger partial charge >= 0.3 is 0 Å². The van der Waals surface area contributed by atoms with Gasteiger partial charge in [-0.25, -0.2) is 12.8 Å². The standard InChI is InChI=1S/C15H22FN3O3S/c1-22-15-10-13(2-3-14(15)16)23(20,21)19-7-4-12(11-19)18-8-5-17-6-9-18/h2-3,10,12,17H,4-9,11H2,1H3. The molecule has 2 heterocycles. The highest BCUT2D eigenvalue weighted by atomic mass is 32.2. The zero-order valence-corrected chi connectivity index (χ0v) is 14.0. The highest BCUT2D eigenvalue weighted by molar-refractivity contribution is 7.89. The van der Waals surface area contributed by atoms with Crippen molar-refractivity contribution in [1.82, 2.24) is 14.5 Å². The quantitative estimate of drug-likeness (QED) is 0.863. The molecule has 1 unspecified atom stereocenters. The molecule has 1 atom stereocenters. The van der Waals surface area contributed by atoms with Crippen LogP contribution in [0.25, 0.3) is 0 Å². The number of piperazine rings is 1. The number of nitrogens with one attached hydrogen (secondary N) is 1. The van der Waals surface area contributed by atoms with Gasteiger partial charge in [0.1, 0.15) is 0 Å². The lowest BCUT2D eigenvalue weighted by molar-refractivity contribution is 0.179. The summed E-state index contributed by atoms with van der Waals surface area (Å²) in [5, 5.41) is 3.30. The Morgan fingerprint density at radius 2 is 2.00 bits per heavy atom. The maximum Gasteiger partial charge on any atom is 0.243 e. The van der Waals surface area contributed by atoms with Gasteiger partial charge in [0.05, 0.1) is 12.0 Å². The lowest BCUT2D eigenvalue weighted by Crippen LogP contribution is -2.49. The molecule has 2 saturated heterocycles. The molecule has 0 bridgehead atoms. The van der Waals surface area contributed by atoms with E-state index in [0.29, 0.717) is 13.1 Å². The average Bonchev–Trinajstić information content (AvgIpc) is 3.07. The third kappa shape index (κ3) is 3.35. The summed E-state index contributed by atoms with van der Waals surface area (Å²) < 4.78 is 45.4. The predicted octanol–water partition coefficient (Wildman–Crippen LogP) is 0.502. The largest absolute Gasteiger partial charge is 0.494 e. The molecule has 2 aliphatic rings. The van der Waals surface area contributed by atoms with Crippen LogP contribution in [0.2, 0.25) is 0 Å². The van der Waals surface area contributed by atoms with Gasteiger partial charge in [0.25, 0.3) is 0 Å². The molecule has 1 N–H and O–H groups in total. The molecule has 2 fully saturated rings. The molecule has 6 nitrogen and oxygen atoms in total. The normalized spacial score (nSPS) is 24.0. The van der Waals surface area contributed by atoms with Gasteiger partial charge in [0.15, 0.2) is 11.6 Å². The molecule has 0 aliphatic carbocycles. The van der Waals surface area contributed by atoms with Crippen LogP contribution >= 0.6 is 0 Å². The van der Waals surface area contributed by atoms with E-state index in [1.54, 1.807) is 0 Å². The molecular weight excluding hydrogens is 321 g/mol. The first-order valence-electron chi connectivity index (χ1n) is 7.81. The molecule has 0 spiro atoms. The van der Waals surface area contributed by atoms with Crippen LogP contribution < -0.4 is 10.1 Å². The molecule has 0 amide bonds. The number of halogens is 1. The summed E-state index contributed by atoms with van der Waals surface area (Å²) in [6.45, 7) is 4.77. The number of hydrogen-bond acceptors (Lipinski definition) is 5. The van der Waals surface area contributed by atoms with Crippen molar-refractivity contribution in [3.63, 3.8) is 0 Å². The summed E-state index contributed by atoms with van der Waals surface area (Å²) in [6, 6.07) is 3.94. The van der Waals surface area contributed by atoms with E-state index in [1.807, 2.05) is 0 Å². The van der Waals surface area contributed by atoms with Crippen molar-refractivity contribution in [2.75, 3.05) is 46.4 Å². The number of methoxy groups -OCH3 is 1. The van der Waals surface area contributed by atoms with E-state index in [-0.39, 0.29) is 16.7 Å². The third-order valence-corrected chi connectivity index (χ3v) is 6.42. The van der Waals surface area contributed by atoms with E-state index in [0.717, 1.165) is 38.7 Å². The Hall–Kier alpha value is -1.22. The molecule has 3 rings (SSSR count). The SMILES string of the molecule is COc1cc(S(=O)(=O)N2CCC(N3CCNCC3)C2)ccc1F. The second kappa shape index (κ2) is 6.72. The molecule has 2 aliphatic heterocycles. The number of nitrogens with zero attached hydrogens (tertiary/aromatic N) is 2. The third-order valence-electron chi connectivity index (χ3n) is 4.55. The molecule has 8 heteroatoms. The Bertz CT molecular complexity index is 662. The summed E-state index contributed by atoms with van der Waals surface area (Å²) in [4.78, 5) is 2.42. The molecule has 1 aromatic carbocycles. The van der Waals surface area contributed by atoms with E-state index in [9.17, 15) is 12.8 Å². The first-order chi connectivity index (χ1) is 11.0. The number of ether oxygens (including phenoxy) is 1. The second-order valence-corrected chi connectivity index (χ2v) is 7.83. The monoisotopic (exact) mass is 343 g/mol. The molecule has 0 radical (unpaired) electrons. The van der Waals surface area contributed by atoms with Gasteiger partial charge in [0, 0.05) is 51.4 Å². The lowest BCUT2D eigenvalue weighted by atomic mass is 10.2. The van der Waals surface area contributed by atoms with E-state index in [1.165, 1.54) is 23.5 Å². The minimum Gasteiger partial charge on any atom is -0.494 e. The minimum absolute atomic E-state index is 0.0519. The summed E-state index contributed by atoms with van der Waals surface area (Å²) >= 11 is 0. The van der Waals surface area contributed by atoms with Gasteiger partial charge in [-0.05, 0) is 18.6 Å². The first kappa shape index (κ1) is 16.6. The van der Waals surface area contributed by atoms with Gasteiger partial charge in [-0.2, -0.15) is 4.31 Å². The molecule has 0 aromatic heterocycles. The molecule has 23 heavy (non-hydrogen) atoms. The smallest absolute Gasteiger partial charge is 0.243 e. The molecule has 128 valence electrons. The second-order valence-electron chi connectivity index (χ2n) is 5.89. The maximum absolute atomic E-state index is 13.5. The fraction of sp³-hybridized carbons (Fsp3) is 0.600. The van der Waals surface area contributed by atoms with E-state index >= 15 is 0 Å². The van der Waals surface area contributed by atoms with Gasteiger partial charge in [-0.1, -0.05) is 0 Å². The Balaban J connectivity index is 1.75. The van der Waals surface area contributed by atoms with Crippen LogP contribution in [0.3, 0.4) is 0 Å². The van der Waals surface area contributed by atoms with E-state index < -0.39 is 15.8 Å². The van der Waals surface area contributed by atoms with Crippen LogP contribution in [-0.2, 0) is 10.0 Å². The van der Waals surface area contributed by atoms with Gasteiger partial charge < -0.3 is 10.1 Å². The molecule has 0 saturated carbocycles. The lowest BCUT2D eigenvalue weighted by Gasteiger charge is -2.32. The highest BCUT2D eigenvalue weighted by Gasteiger charge is 2.35. The van der Waals surface area contributed by atoms with Crippen LogP contribution in [0, 0.1) is 5.82 Å². The Morgan fingerprint density at radius 1 is 1.26 bits per heavy atom. The number of rotatable bonds is 4. The van der Waals surface area contributed by atoms with Crippen molar-refractivity contribution < 1.29 is 17.5 Å². The Labute approximate surface area is 136 Å². The van der Waals surface area contributed by atoms with Crippen molar-refractivity contribution >= 4 is 10.0 Å². The fourth-order valence-corrected chi connectivity index (χ4v) is 4.73. The minimum atomic E-state index is -3.62. The number of benzene rings is 1. The summed E-state index contributed by atoms with van der Waals surface area (Å²) in [7, 11) is -2.29. The predicted molar refractivity (Wildman–Crippen MR) is 84.6 cm³/mol. The summed E-state index contributed by atoms with van der Waals surface area (Å²) in [6.07, 6.45) is 0.831. The van der Waals surface area contributed by atoms with Crippen molar-refractivity contribution in [1.29, 1.82) is 0 Å². The van der Waals surface area contributed by atoms with Crippen molar-refractivity contribution in [2.24, 2.45) is 0 Å². The van der Waals surface area contributed by atoms with Crippen LogP contribution in [0.15, 0.2) is 23.1 Å². The molecule has 1 aromatic rings. The van der Waals surface area contributed by atoms with Crippen molar-refractivity contribution in [3.8, 4) is 5.75 Å². The van der Waals surface area contributed by atoms with Gasteiger partial charge in [-0.15, -0.1) is 0 Å². The van der Waals surface area contributed by atoms with Gasteiger partial charge in [0.2, 0.25) is 10.0 Å². The van der Waals surface area contributed by atoms with E-state index in [4.69, 9.17) is 4.74 Å². The number of sulfonamides is 1. The first-order valence-corrected chi connectivity index (χ1v) is 9.25. The van der Waals surface area contributed by atoms with E-state index in [2.05, 4.69) is 10.2 Å². The van der Waals surface area contributed by atoms with Crippen LogP contribution in [0.1, 0.15) is 6.42 Å². The number of hydrogen-bond donors (Lipinski definition) is 1. The molecular formula is C15H22FN3O3S. The summed E-state index contributed by atoms with van der Waals surface area (Å²) in [5.41, 5.74) is 0. The average molecular weight is 343 g/mol. The van der Waals surface area contributed by atoms with Crippen molar-refractivity contribution in [3.05, 3.63) is 24.0 Å². The maximum atomic E-state index is 13.5. The van der Waals surface area contributed by atoms with Crippen LogP contribution in [-0.4, -0.2) is 70.0 Å².